The summed E-state index contributed by atoms with van der Waals surface area (Å²) in [7, 11) is 0. The van der Waals surface area contributed by atoms with Crippen molar-refractivity contribution in [1.82, 2.24) is 0 Å². The van der Waals surface area contributed by atoms with Gasteiger partial charge in [0.15, 0.2) is 0 Å². The second-order valence-corrected chi connectivity index (χ2v) is 7.90. The first-order valence-electron chi connectivity index (χ1n) is 8.79. The highest BCUT2D eigenvalue weighted by Gasteiger charge is 2.26. The first-order valence-corrected chi connectivity index (χ1v) is 9.67. The van der Waals surface area contributed by atoms with Gasteiger partial charge in [-0.1, -0.05) is 32.0 Å². The average Bonchev–Trinajstić information content (AvgIpc) is 3.01. The van der Waals surface area contributed by atoms with Crippen molar-refractivity contribution >= 4 is 17.4 Å². The summed E-state index contributed by atoms with van der Waals surface area (Å²) in [4.78, 5) is 1.41. The third kappa shape index (κ3) is 3.93. The Morgan fingerprint density at radius 2 is 2.12 bits per heavy atom. The van der Waals surface area contributed by atoms with Crippen LogP contribution in [0.4, 0.5) is 5.69 Å². The van der Waals surface area contributed by atoms with Crippen LogP contribution in [0.1, 0.15) is 30.5 Å². The largest absolute Gasteiger partial charge is 0.473 e. The van der Waals surface area contributed by atoms with Crippen LogP contribution in [0.15, 0.2) is 41.3 Å². The normalized spacial score (nSPS) is 16.8. The van der Waals surface area contributed by atoms with Crippen LogP contribution in [-0.2, 0) is 12.8 Å². The molecule has 0 radical (unpaired) electrons. The fourth-order valence-electron chi connectivity index (χ4n) is 3.31. The van der Waals surface area contributed by atoms with Crippen molar-refractivity contribution in [1.29, 1.82) is 5.26 Å². The van der Waals surface area contributed by atoms with Crippen LogP contribution in [0.2, 0.25) is 0 Å². The molecular weight excluding hydrogens is 328 g/mol. The summed E-state index contributed by atoms with van der Waals surface area (Å²) in [6.45, 7) is 7.03. The summed E-state index contributed by atoms with van der Waals surface area (Å²) >= 11 is 1.96. The Morgan fingerprint density at radius 3 is 2.80 bits per heavy atom. The van der Waals surface area contributed by atoms with Crippen molar-refractivity contribution in [2.75, 3.05) is 11.9 Å². The molecule has 0 bridgehead atoms. The number of fused-ring (bicyclic) bond motifs is 1. The molecule has 0 aliphatic carbocycles. The van der Waals surface area contributed by atoms with Crippen LogP contribution in [0, 0.1) is 18.3 Å². The molecule has 2 aromatic rings. The van der Waals surface area contributed by atoms with Crippen molar-refractivity contribution in [3.8, 4) is 11.8 Å². The predicted octanol–water partition coefficient (Wildman–Crippen LogP) is 4.98. The van der Waals surface area contributed by atoms with Gasteiger partial charge in [0.05, 0.1) is 6.54 Å². The third-order valence-corrected chi connectivity index (χ3v) is 5.86. The minimum absolute atomic E-state index is 0.463. The van der Waals surface area contributed by atoms with E-state index >= 15 is 0 Å². The number of nitrogens with one attached hydrogen (secondary N) is 1. The van der Waals surface area contributed by atoms with Gasteiger partial charge in [0.25, 0.3) is 0 Å². The molecule has 0 fully saturated rings. The van der Waals surface area contributed by atoms with Crippen LogP contribution in [0.3, 0.4) is 0 Å². The van der Waals surface area contributed by atoms with Crippen LogP contribution < -0.4 is 10.1 Å². The van der Waals surface area contributed by atoms with E-state index in [1.54, 1.807) is 0 Å². The molecule has 1 aliphatic heterocycles. The van der Waals surface area contributed by atoms with Crippen molar-refractivity contribution < 1.29 is 4.74 Å². The highest BCUT2D eigenvalue weighted by Crippen LogP contribution is 2.44. The Bertz CT molecular complexity index is 783. The van der Waals surface area contributed by atoms with E-state index in [2.05, 4.69) is 38.2 Å². The van der Waals surface area contributed by atoms with Gasteiger partial charge < -0.3 is 10.1 Å². The van der Waals surface area contributed by atoms with Crippen LogP contribution in [-0.4, -0.2) is 17.9 Å². The van der Waals surface area contributed by atoms with Gasteiger partial charge in [-0.25, -0.2) is 0 Å². The summed E-state index contributed by atoms with van der Waals surface area (Å²) in [5.74, 6) is 0.870. The number of thioether (sulfide) groups is 1. The monoisotopic (exact) mass is 352 g/mol. The minimum Gasteiger partial charge on any atom is -0.473 e. The summed E-state index contributed by atoms with van der Waals surface area (Å²) in [6.07, 6.45) is 1.49. The lowest BCUT2D eigenvalue weighted by Gasteiger charge is -2.19. The molecule has 130 valence electrons. The number of hydrogen-bond acceptors (Lipinski definition) is 4. The van der Waals surface area contributed by atoms with Gasteiger partial charge in [0.1, 0.15) is 11.8 Å². The Balaban J connectivity index is 1.78. The standard InChI is InChI=1S/C21H24N2OS/c1-4-18-19-11-15(3)25-21(19)14(2)10-20(18)24-17(12-22)13-23-16-8-6-5-7-9-16/h5-10,15,17,23H,4,11,13H2,1-3H3. The van der Waals surface area contributed by atoms with Gasteiger partial charge >= 0.3 is 0 Å². The lowest BCUT2D eigenvalue weighted by atomic mass is 9.97. The van der Waals surface area contributed by atoms with Crippen molar-refractivity contribution in [3.05, 3.63) is 53.1 Å². The topological polar surface area (TPSA) is 45.0 Å². The van der Waals surface area contributed by atoms with E-state index in [9.17, 15) is 5.26 Å². The van der Waals surface area contributed by atoms with Gasteiger partial charge in [0, 0.05) is 15.8 Å². The van der Waals surface area contributed by atoms with Crippen molar-refractivity contribution in [2.24, 2.45) is 0 Å². The number of benzene rings is 2. The van der Waals surface area contributed by atoms with Gasteiger partial charge in [-0.05, 0) is 54.7 Å². The Labute approximate surface area is 154 Å². The molecule has 0 spiro atoms. The SMILES string of the molecule is CCc1c(OC(C#N)CNc2ccccc2)cc(C)c2c1CC(C)S2. The Hall–Kier alpha value is -2.12. The molecule has 0 amide bonds. The molecule has 0 saturated carbocycles. The van der Waals surface area contributed by atoms with E-state index in [0.717, 1.165) is 24.3 Å². The van der Waals surface area contributed by atoms with Crippen molar-refractivity contribution in [3.63, 3.8) is 0 Å². The summed E-state index contributed by atoms with van der Waals surface area (Å²) in [5.41, 5.74) is 4.93. The van der Waals surface area contributed by atoms with E-state index in [-0.39, 0.29) is 0 Å². The zero-order chi connectivity index (χ0) is 17.8. The molecule has 0 saturated heterocycles. The molecule has 0 aromatic heterocycles. The Morgan fingerprint density at radius 1 is 1.36 bits per heavy atom. The zero-order valence-corrected chi connectivity index (χ0v) is 15.8. The predicted molar refractivity (Wildman–Crippen MR) is 105 cm³/mol. The van der Waals surface area contributed by atoms with Gasteiger partial charge in [-0.15, -0.1) is 11.8 Å². The first kappa shape index (κ1) is 17.7. The van der Waals surface area contributed by atoms with Crippen molar-refractivity contribution in [2.45, 2.75) is 49.9 Å². The number of hydrogen-bond donors (Lipinski definition) is 1. The zero-order valence-electron chi connectivity index (χ0n) is 15.0. The molecule has 25 heavy (non-hydrogen) atoms. The highest BCUT2D eigenvalue weighted by molar-refractivity contribution is 8.00. The van der Waals surface area contributed by atoms with E-state index in [0.29, 0.717) is 11.8 Å². The number of rotatable bonds is 6. The second kappa shape index (κ2) is 7.84. The fraction of sp³-hybridized carbons (Fsp3) is 0.381. The maximum Gasteiger partial charge on any atom is 0.201 e. The fourth-order valence-corrected chi connectivity index (χ4v) is 4.56. The highest BCUT2D eigenvalue weighted by atomic mass is 32.2. The molecule has 1 N–H and O–H groups in total. The quantitative estimate of drug-likeness (QED) is 0.796. The average molecular weight is 353 g/mol. The number of para-hydroxylation sites is 1. The molecule has 2 unspecified atom stereocenters. The molecule has 2 aromatic carbocycles. The minimum atomic E-state index is -0.519. The number of nitrogens with zero attached hydrogens (tertiary/aromatic N) is 1. The number of anilines is 1. The number of ether oxygens (including phenoxy) is 1. The van der Waals surface area contributed by atoms with Crippen LogP contribution >= 0.6 is 11.8 Å². The summed E-state index contributed by atoms with van der Waals surface area (Å²) in [6, 6.07) is 14.3. The molecule has 4 heteroatoms. The van der Waals surface area contributed by atoms with Crippen LogP contribution in [0.25, 0.3) is 0 Å². The molecular formula is C21H24N2OS. The maximum absolute atomic E-state index is 9.51. The van der Waals surface area contributed by atoms with Gasteiger partial charge in [0.2, 0.25) is 6.10 Å². The smallest absolute Gasteiger partial charge is 0.201 e. The second-order valence-electron chi connectivity index (χ2n) is 6.45. The third-order valence-electron chi connectivity index (χ3n) is 4.48. The van der Waals surface area contributed by atoms with Crippen LogP contribution in [0.5, 0.6) is 5.75 Å². The molecule has 3 rings (SSSR count). The maximum atomic E-state index is 9.51. The first-order chi connectivity index (χ1) is 12.1. The summed E-state index contributed by atoms with van der Waals surface area (Å²) < 4.78 is 6.12. The van der Waals surface area contributed by atoms with E-state index < -0.39 is 6.10 Å². The Kier molecular flexibility index (Phi) is 5.55. The lowest BCUT2D eigenvalue weighted by Crippen LogP contribution is -2.25. The van der Waals surface area contributed by atoms with E-state index in [1.165, 1.54) is 21.6 Å². The number of nitriles is 1. The van der Waals surface area contributed by atoms with Gasteiger partial charge in [-0.2, -0.15) is 5.26 Å². The molecule has 2 atom stereocenters. The van der Waals surface area contributed by atoms with Gasteiger partial charge in [-0.3, -0.25) is 0 Å². The molecule has 1 aliphatic rings. The molecule has 1 heterocycles. The summed E-state index contributed by atoms with van der Waals surface area (Å²) in [5, 5.41) is 13.4. The molecule has 3 nitrogen and oxygen atoms in total. The van der Waals surface area contributed by atoms with E-state index in [1.807, 2.05) is 42.1 Å². The lowest BCUT2D eigenvalue weighted by molar-refractivity contribution is 0.265. The van der Waals surface area contributed by atoms with E-state index in [4.69, 9.17) is 4.74 Å². The number of aryl methyl sites for hydroxylation is 1.